The third-order valence-corrected chi connectivity index (χ3v) is 4.00. The van der Waals surface area contributed by atoms with E-state index in [-0.39, 0.29) is 36.9 Å². The fraction of sp³-hybridized carbons (Fsp3) is 0.318. The van der Waals surface area contributed by atoms with Crippen molar-refractivity contribution in [3.8, 4) is 0 Å². The molecular weight excluding hydrogens is 368 g/mol. The standard InChI is InChI=1S/C22H28N4O3/c1-15(2)23-20(27)13-26(4)14-21(28)25-19-11-6-5-10-18(19)22(29)24-17-9-7-8-16(3)12-17/h5-12,15H,13-14H2,1-4H3,(H,23,27)(H,24,29)(H,25,28). The number of carbonyl (C=O) groups is 3. The fourth-order valence-electron chi connectivity index (χ4n) is 2.81. The van der Waals surface area contributed by atoms with Gasteiger partial charge in [0, 0.05) is 11.7 Å². The summed E-state index contributed by atoms with van der Waals surface area (Å²) in [4.78, 5) is 38.5. The van der Waals surface area contributed by atoms with Crippen molar-refractivity contribution in [1.82, 2.24) is 10.2 Å². The molecule has 0 radical (unpaired) electrons. The average Bonchev–Trinajstić information content (AvgIpc) is 2.60. The molecule has 2 aromatic carbocycles. The predicted molar refractivity (Wildman–Crippen MR) is 115 cm³/mol. The first-order valence-electron chi connectivity index (χ1n) is 9.49. The second-order valence-electron chi connectivity index (χ2n) is 7.31. The van der Waals surface area contributed by atoms with Gasteiger partial charge in [-0.05, 0) is 57.6 Å². The van der Waals surface area contributed by atoms with Gasteiger partial charge in [-0.1, -0.05) is 24.3 Å². The molecule has 2 rings (SSSR count). The van der Waals surface area contributed by atoms with Gasteiger partial charge in [0.25, 0.3) is 5.91 Å². The van der Waals surface area contributed by atoms with Crippen LogP contribution in [0.25, 0.3) is 0 Å². The van der Waals surface area contributed by atoms with Gasteiger partial charge in [0.15, 0.2) is 0 Å². The molecule has 0 aliphatic rings. The number of nitrogens with one attached hydrogen (secondary N) is 3. The Labute approximate surface area is 171 Å². The highest BCUT2D eigenvalue weighted by Gasteiger charge is 2.15. The Morgan fingerprint density at radius 3 is 2.31 bits per heavy atom. The van der Waals surface area contributed by atoms with Crippen LogP contribution >= 0.6 is 0 Å². The van der Waals surface area contributed by atoms with Crippen molar-refractivity contribution < 1.29 is 14.4 Å². The largest absolute Gasteiger partial charge is 0.353 e. The highest BCUT2D eigenvalue weighted by Crippen LogP contribution is 2.18. The van der Waals surface area contributed by atoms with Crippen LogP contribution in [0, 0.1) is 6.92 Å². The third kappa shape index (κ3) is 7.38. The first-order valence-corrected chi connectivity index (χ1v) is 9.49. The first kappa shape index (κ1) is 22.1. The van der Waals surface area contributed by atoms with E-state index in [0.717, 1.165) is 5.56 Å². The highest BCUT2D eigenvalue weighted by molar-refractivity contribution is 6.10. The van der Waals surface area contributed by atoms with Gasteiger partial charge in [-0.3, -0.25) is 19.3 Å². The van der Waals surface area contributed by atoms with Gasteiger partial charge in [0.2, 0.25) is 11.8 Å². The Kier molecular flexibility index (Phi) is 7.91. The lowest BCUT2D eigenvalue weighted by atomic mass is 10.1. The van der Waals surface area contributed by atoms with E-state index in [0.29, 0.717) is 16.9 Å². The molecule has 0 saturated carbocycles. The van der Waals surface area contributed by atoms with Crippen molar-refractivity contribution in [1.29, 1.82) is 0 Å². The Hall–Kier alpha value is -3.19. The normalized spacial score (nSPS) is 10.7. The Bertz CT molecular complexity index is 880. The molecule has 7 nitrogen and oxygen atoms in total. The smallest absolute Gasteiger partial charge is 0.257 e. The number of hydrogen-bond acceptors (Lipinski definition) is 4. The number of likely N-dealkylation sites (N-methyl/N-ethyl adjacent to an activating group) is 1. The summed E-state index contributed by atoms with van der Waals surface area (Å²) in [6.45, 7) is 5.84. The number of rotatable bonds is 8. The zero-order valence-corrected chi connectivity index (χ0v) is 17.3. The lowest BCUT2D eigenvalue weighted by molar-refractivity contribution is -0.123. The maximum Gasteiger partial charge on any atom is 0.257 e. The maximum atomic E-state index is 12.7. The molecule has 0 atom stereocenters. The van der Waals surface area contributed by atoms with Crippen molar-refractivity contribution in [3.05, 3.63) is 59.7 Å². The first-order chi connectivity index (χ1) is 13.7. The summed E-state index contributed by atoms with van der Waals surface area (Å²) in [5, 5.41) is 8.39. The van der Waals surface area contributed by atoms with E-state index >= 15 is 0 Å². The predicted octanol–water partition coefficient (Wildman–Crippen LogP) is 2.64. The molecule has 0 aromatic heterocycles. The number of anilines is 2. The van der Waals surface area contributed by atoms with Crippen LogP contribution in [0.2, 0.25) is 0 Å². The van der Waals surface area contributed by atoms with Crippen LogP contribution in [-0.2, 0) is 9.59 Å². The van der Waals surface area contributed by atoms with E-state index in [1.807, 2.05) is 45.0 Å². The summed E-state index contributed by atoms with van der Waals surface area (Å²) in [7, 11) is 1.69. The lowest BCUT2D eigenvalue weighted by Crippen LogP contribution is -2.41. The third-order valence-electron chi connectivity index (χ3n) is 4.00. The quantitative estimate of drug-likeness (QED) is 0.640. The van der Waals surface area contributed by atoms with Crippen LogP contribution in [0.15, 0.2) is 48.5 Å². The molecule has 154 valence electrons. The summed E-state index contributed by atoms with van der Waals surface area (Å²) in [5.41, 5.74) is 2.51. The van der Waals surface area contributed by atoms with Crippen molar-refractivity contribution in [2.45, 2.75) is 26.8 Å². The van der Waals surface area contributed by atoms with E-state index in [1.54, 1.807) is 36.2 Å². The van der Waals surface area contributed by atoms with Gasteiger partial charge >= 0.3 is 0 Å². The summed E-state index contributed by atoms with van der Waals surface area (Å²) in [6.07, 6.45) is 0. The van der Waals surface area contributed by atoms with Crippen molar-refractivity contribution >= 4 is 29.1 Å². The molecule has 2 aromatic rings. The molecule has 7 heteroatoms. The second-order valence-corrected chi connectivity index (χ2v) is 7.31. The van der Waals surface area contributed by atoms with Crippen LogP contribution in [-0.4, -0.2) is 48.8 Å². The van der Waals surface area contributed by atoms with Gasteiger partial charge in [-0.15, -0.1) is 0 Å². The highest BCUT2D eigenvalue weighted by atomic mass is 16.2. The Balaban J connectivity index is 2.00. The number of aryl methyl sites for hydroxylation is 1. The molecule has 0 unspecified atom stereocenters. The molecule has 0 bridgehead atoms. The monoisotopic (exact) mass is 396 g/mol. The molecule has 3 amide bonds. The summed E-state index contributed by atoms with van der Waals surface area (Å²) >= 11 is 0. The van der Waals surface area contributed by atoms with Crippen LogP contribution in [0.4, 0.5) is 11.4 Å². The summed E-state index contributed by atoms with van der Waals surface area (Å²) < 4.78 is 0. The van der Waals surface area contributed by atoms with Gasteiger partial charge < -0.3 is 16.0 Å². The van der Waals surface area contributed by atoms with Crippen LogP contribution in [0.1, 0.15) is 29.8 Å². The minimum atomic E-state index is -0.309. The molecule has 0 fully saturated rings. The molecule has 0 spiro atoms. The van der Waals surface area contributed by atoms with Gasteiger partial charge in [0.1, 0.15) is 0 Å². The van der Waals surface area contributed by atoms with Gasteiger partial charge in [-0.25, -0.2) is 0 Å². The SMILES string of the molecule is Cc1cccc(NC(=O)c2ccccc2NC(=O)CN(C)CC(=O)NC(C)C)c1. The van der Waals surface area contributed by atoms with E-state index in [9.17, 15) is 14.4 Å². The van der Waals surface area contributed by atoms with Crippen molar-refractivity contribution in [2.75, 3.05) is 30.8 Å². The number of para-hydroxylation sites is 1. The molecule has 29 heavy (non-hydrogen) atoms. The van der Waals surface area contributed by atoms with E-state index in [2.05, 4.69) is 16.0 Å². The minimum Gasteiger partial charge on any atom is -0.353 e. The number of amides is 3. The average molecular weight is 396 g/mol. The van der Waals surface area contributed by atoms with Crippen molar-refractivity contribution in [3.63, 3.8) is 0 Å². The molecule has 0 aliphatic carbocycles. The number of benzene rings is 2. The summed E-state index contributed by atoms with van der Waals surface area (Å²) in [6, 6.07) is 14.4. The van der Waals surface area contributed by atoms with Gasteiger partial charge in [-0.2, -0.15) is 0 Å². The second kappa shape index (κ2) is 10.4. The molecular formula is C22H28N4O3. The lowest BCUT2D eigenvalue weighted by Gasteiger charge is -2.18. The van der Waals surface area contributed by atoms with Crippen LogP contribution in [0.5, 0.6) is 0 Å². The molecule has 0 saturated heterocycles. The minimum absolute atomic E-state index is 0.0271. The topological polar surface area (TPSA) is 90.5 Å². The van der Waals surface area contributed by atoms with E-state index in [1.165, 1.54) is 0 Å². The number of carbonyl (C=O) groups excluding carboxylic acids is 3. The Morgan fingerprint density at radius 1 is 0.931 bits per heavy atom. The van der Waals surface area contributed by atoms with Gasteiger partial charge in [0.05, 0.1) is 24.3 Å². The zero-order valence-electron chi connectivity index (χ0n) is 17.3. The molecule has 0 heterocycles. The zero-order chi connectivity index (χ0) is 21.4. The molecule has 3 N–H and O–H groups in total. The van der Waals surface area contributed by atoms with Crippen LogP contribution < -0.4 is 16.0 Å². The maximum absolute atomic E-state index is 12.7. The fourth-order valence-corrected chi connectivity index (χ4v) is 2.81. The summed E-state index contributed by atoms with van der Waals surface area (Å²) in [5.74, 6) is -0.759. The Morgan fingerprint density at radius 2 is 1.62 bits per heavy atom. The van der Waals surface area contributed by atoms with Crippen molar-refractivity contribution in [2.24, 2.45) is 0 Å². The number of nitrogens with zero attached hydrogens (tertiary/aromatic N) is 1. The van der Waals surface area contributed by atoms with E-state index in [4.69, 9.17) is 0 Å². The van der Waals surface area contributed by atoms with E-state index < -0.39 is 0 Å². The molecule has 0 aliphatic heterocycles. The van der Waals surface area contributed by atoms with Crippen LogP contribution in [0.3, 0.4) is 0 Å². The number of hydrogen-bond donors (Lipinski definition) is 3.